The van der Waals surface area contributed by atoms with Crippen molar-refractivity contribution in [1.82, 2.24) is 0 Å². The van der Waals surface area contributed by atoms with Gasteiger partial charge in [0.1, 0.15) is 5.75 Å². The number of rotatable bonds is 3. The largest absolute Gasteiger partial charge is 0.477 e. The molecule has 11 heavy (non-hydrogen) atoms. The van der Waals surface area contributed by atoms with Gasteiger partial charge in [-0.2, -0.15) is 0 Å². The van der Waals surface area contributed by atoms with Crippen molar-refractivity contribution < 1.29 is 4.52 Å². The van der Waals surface area contributed by atoms with Crippen molar-refractivity contribution in [2.45, 2.75) is 0 Å². The van der Waals surface area contributed by atoms with E-state index in [-0.39, 0.29) is 0 Å². The van der Waals surface area contributed by atoms with Crippen LogP contribution in [-0.4, -0.2) is 6.66 Å². The van der Waals surface area contributed by atoms with Crippen LogP contribution >= 0.6 is 8.81 Å². The smallest absolute Gasteiger partial charge is 0.122 e. The third-order valence-electron chi connectivity index (χ3n) is 1.34. The van der Waals surface area contributed by atoms with E-state index >= 15 is 0 Å². The molecule has 1 aromatic carbocycles. The fourth-order valence-electron chi connectivity index (χ4n) is 0.790. The Labute approximate surface area is 69.0 Å². The lowest BCUT2D eigenvalue weighted by molar-refractivity contribution is 0.635. The highest BCUT2D eigenvalue weighted by molar-refractivity contribution is 7.31. The van der Waals surface area contributed by atoms with E-state index < -0.39 is 0 Å². The van der Waals surface area contributed by atoms with Gasteiger partial charge in [0.15, 0.2) is 0 Å². The maximum Gasteiger partial charge on any atom is 0.122 e. The first-order chi connectivity index (χ1) is 5.36. The predicted octanol–water partition coefficient (Wildman–Crippen LogP) is 2.93. The van der Waals surface area contributed by atoms with E-state index in [1.54, 1.807) is 0 Å². The molecule has 1 atom stereocenters. The molecule has 1 rings (SSSR count). The fourth-order valence-corrected chi connectivity index (χ4v) is 1.16. The summed E-state index contributed by atoms with van der Waals surface area (Å²) in [5.41, 5.74) is 1.12. The Morgan fingerprint density at radius 3 is 2.45 bits per heavy atom. The molecule has 0 amide bonds. The summed E-state index contributed by atoms with van der Waals surface area (Å²) in [5, 5.41) is 0. The molecule has 1 nitrogen and oxygen atoms in total. The SMILES string of the molecule is C=Cc1ccc(OPC)cc1. The lowest BCUT2D eigenvalue weighted by Gasteiger charge is -2.01. The molecule has 0 heterocycles. The molecule has 0 saturated heterocycles. The monoisotopic (exact) mass is 166 g/mol. The topological polar surface area (TPSA) is 9.23 Å². The predicted molar refractivity (Wildman–Crippen MR) is 51.4 cm³/mol. The Morgan fingerprint density at radius 1 is 1.36 bits per heavy atom. The highest BCUT2D eigenvalue weighted by Gasteiger charge is 1.89. The minimum atomic E-state index is 0.507. The van der Waals surface area contributed by atoms with Gasteiger partial charge in [-0.05, 0) is 24.4 Å². The highest BCUT2D eigenvalue weighted by atomic mass is 31.1. The van der Waals surface area contributed by atoms with Gasteiger partial charge in [-0.25, -0.2) is 0 Å². The van der Waals surface area contributed by atoms with Crippen LogP contribution in [0.25, 0.3) is 6.08 Å². The van der Waals surface area contributed by atoms with E-state index in [4.69, 9.17) is 4.52 Å². The summed E-state index contributed by atoms with van der Waals surface area (Å²) in [7, 11) is 0.507. The molecule has 0 N–H and O–H groups in total. The van der Waals surface area contributed by atoms with Gasteiger partial charge >= 0.3 is 0 Å². The van der Waals surface area contributed by atoms with E-state index in [0.717, 1.165) is 11.3 Å². The Balaban J connectivity index is 2.74. The van der Waals surface area contributed by atoms with Crippen LogP contribution in [0, 0.1) is 0 Å². The zero-order chi connectivity index (χ0) is 8.10. The van der Waals surface area contributed by atoms with Crippen molar-refractivity contribution >= 4 is 14.9 Å². The minimum Gasteiger partial charge on any atom is -0.477 e. The summed E-state index contributed by atoms with van der Waals surface area (Å²) >= 11 is 0. The molecule has 0 aliphatic heterocycles. The summed E-state index contributed by atoms with van der Waals surface area (Å²) in [5.74, 6) is 0.927. The normalized spacial score (nSPS) is 10.3. The molecule has 1 unspecified atom stereocenters. The van der Waals surface area contributed by atoms with Crippen LogP contribution in [0.1, 0.15) is 5.56 Å². The van der Waals surface area contributed by atoms with Crippen LogP contribution in [0.5, 0.6) is 5.75 Å². The second kappa shape index (κ2) is 4.15. The number of hydrogen-bond acceptors (Lipinski definition) is 1. The number of benzene rings is 1. The second-order valence-electron chi connectivity index (χ2n) is 2.08. The summed E-state index contributed by atoms with van der Waals surface area (Å²) in [4.78, 5) is 0. The Bertz CT molecular complexity index is 228. The van der Waals surface area contributed by atoms with Gasteiger partial charge in [0.25, 0.3) is 0 Å². The van der Waals surface area contributed by atoms with Crippen molar-refractivity contribution in [2.24, 2.45) is 0 Å². The summed E-state index contributed by atoms with van der Waals surface area (Å²) in [6.45, 7) is 5.67. The Hall–Kier alpha value is -0.810. The first-order valence-electron chi connectivity index (χ1n) is 3.43. The fraction of sp³-hybridized carbons (Fsp3) is 0.111. The van der Waals surface area contributed by atoms with Gasteiger partial charge in [0, 0.05) is 0 Å². The van der Waals surface area contributed by atoms with Crippen LogP contribution in [0.15, 0.2) is 30.8 Å². The van der Waals surface area contributed by atoms with Crippen LogP contribution in [0.3, 0.4) is 0 Å². The van der Waals surface area contributed by atoms with Gasteiger partial charge in [0.05, 0.1) is 8.81 Å². The van der Waals surface area contributed by atoms with Crippen LogP contribution in [0.2, 0.25) is 0 Å². The zero-order valence-corrected chi connectivity index (χ0v) is 7.50. The Kier molecular flexibility index (Phi) is 3.13. The molecular formula is C9H11OP. The molecule has 0 aliphatic carbocycles. The van der Waals surface area contributed by atoms with E-state index in [9.17, 15) is 0 Å². The number of hydrogen-bond donors (Lipinski definition) is 0. The molecule has 0 radical (unpaired) electrons. The third kappa shape index (κ3) is 2.36. The Morgan fingerprint density at radius 2 is 2.00 bits per heavy atom. The van der Waals surface area contributed by atoms with Gasteiger partial charge < -0.3 is 4.52 Å². The first-order valence-corrected chi connectivity index (χ1v) is 4.83. The molecule has 0 aliphatic rings. The van der Waals surface area contributed by atoms with Crippen LogP contribution in [-0.2, 0) is 0 Å². The van der Waals surface area contributed by atoms with E-state index in [1.807, 2.05) is 37.0 Å². The lowest BCUT2D eigenvalue weighted by Crippen LogP contribution is -1.76. The maximum atomic E-state index is 5.30. The minimum absolute atomic E-state index is 0.507. The quantitative estimate of drug-likeness (QED) is 0.627. The maximum absolute atomic E-state index is 5.30. The molecule has 2 heteroatoms. The van der Waals surface area contributed by atoms with Crippen molar-refractivity contribution in [1.29, 1.82) is 0 Å². The van der Waals surface area contributed by atoms with Crippen molar-refractivity contribution in [3.8, 4) is 5.75 Å². The molecule has 0 saturated carbocycles. The van der Waals surface area contributed by atoms with Gasteiger partial charge in [0.2, 0.25) is 0 Å². The van der Waals surface area contributed by atoms with Gasteiger partial charge in [-0.3, -0.25) is 0 Å². The molecule has 0 spiro atoms. The van der Waals surface area contributed by atoms with E-state index in [0.29, 0.717) is 8.81 Å². The molecule has 0 bridgehead atoms. The molecule has 0 fully saturated rings. The van der Waals surface area contributed by atoms with Crippen molar-refractivity contribution in [3.63, 3.8) is 0 Å². The van der Waals surface area contributed by atoms with Crippen molar-refractivity contribution in [3.05, 3.63) is 36.4 Å². The average Bonchev–Trinajstić information content (AvgIpc) is 2.07. The van der Waals surface area contributed by atoms with E-state index in [2.05, 4.69) is 6.58 Å². The standard InChI is InChI=1S/C9H11OP/c1-3-8-4-6-9(7-5-8)10-11-2/h3-7,11H,1H2,2H3. The van der Waals surface area contributed by atoms with Crippen LogP contribution in [0.4, 0.5) is 0 Å². The van der Waals surface area contributed by atoms with Gasteiger partial charge in [-0.15, -0.1) is 0 Å². The third-order valence-corrected chi connectivity index (χ3v) is 1.78. The molecule has 1 aromatic rings. The molecule has 0 aromatic heterocycles. The van der Waals surface area contributed by atoms with Gasteiger partial charge in [-0.1, -0.05) is 24.8 Å². The lowest BCUT2D eigenvalue weighted by atomic mass is 10.2. The molecular weight excluding hydrogens is 155 g/mol. The second-order valence-corrected chi connectivity index (χ2v) is 2.69. The van der Waals surface area contributed by atoms with Crippen molar-refractivity contribution in [2.75, 3.05) is 6.66 Å². The summed E-state index contributed by atoms with van der Waals surface area (Å²) in [6.07, 6.45) is 1.82. The van der Waals surface area contributed by atoms with Crippen LogP contribution < -0.4 is 4.52 Å². The zero-order valence-electron chi connectivity index (χ0n) is 6.50. The molecule has 58 valence electrons. The van der Waals surface area contributed by atoms with E-state index in [1.165, 1.54) is 0 Å². The summed E-state index contributed by atoms with van der Waals surface area (Å²) < 4.78 is 5.30. The highest BCUT2D eigenvalue weighted by Crippen LogP contribution is 2.18. The first kappa shape index (κ1) is 8.29. The average molecular weight is 166 g/mol. The summed E-state index contributed by atoms with van der Waals surface area (Å²) in [6, 6.07) is 7.88.